The van der Waals surface area contributed by atoms with Gasteiger partial charge >= 0.3 is 0 Å². The minimum absolute atomic E-state index is 0.505. The Morgan fingerprint density at radius 1 is 1.19 bits per heavy atom. The first-order chi connectivity index (χ1) is 10.4. The van der Waals surface area contributed by atoms with Crippen molar-refractivity contribution in [3.8, 4) is 0 Å². The number of aromatic nitrogens is 1. The first-order valence-corrected chi connectivity index (χ1v) is 8.43. The van der Waals surface area contributed by atoms with Gasteiger partial charge in [0.25, 0.3) is 0 Å². The molecule has 4 rings (SSSR count). The van der Waals surface area contributed by atoms with Crippen LogP contribution >= 0.6 is 0 Å². The molecule has 2 saturated carbocycles. The summed E-state index contributed by atoms with van der Waals surface area (Å²) in [5, 5.41) is 6.47. The Morgan fingerprint density at radius 2 is 2.05 bits per heavy atom. The van der Waals surface area contributed by atoms with Crippen LogP contribution in [-0.2, 0) is 0 Å². The van der Waals surface area contributed by atoms with Crippen LogP contribution in [0.4, 0.5) is 0 Å². The van der Waals surface area contributed by atoms with Gasteiger partial charge in [0.2, 0.25) is 0 Å². The first kappa shape index (κ1) is 13.3. The number of nitrogens with zero attached hydrogens (tertiary/aromatic N) is 1. The van der Waals surface area contributed by atoms with Gasteiger partial charge in [0, 0.05) is 23.8 Å². The van der Waals surface area contributed by atoms with E-state index in [0.717, 1.165) is 24.3 Å². The minimum Gasteiger partial charge on any atom is -0.310 e. The van der Waals surface area contributed by atoms with Crippen molar-refractivity contribution < 1.29 is 0 Å². The lowest BCUT2D eigenvalue weighted by Crippen LogP contribution is -2.28. The number of hydrogen-bond acceptors (Lipinski definition) is 2. The maximum Gasteiger partial charge on any atom is 0.0355 e. The topological polar surface area (TPSA) is 24.9 Å². The summed E-state index contributed by atoms with van der Waals surface area (Å²) in [6.45, 7) is 3.36. The van der Waals surface area contributed by atoms with Crippen LogP contribution in [0.15, 0.2) is 36.7 Å². The van der Waals surface area contributed by atoms with Crippen LogP contribution < -0.4 is 5.32 Å². The van der Waals surface area contributed by atoms with E-state index >= 15 is 0 Å². The number of hydrogen-bond donors (Lipinski definition) is 1. The Balaban J connectivity index is 1.70. The van der Waals surface area contributed by atoms with Crippen LogP contribution in [-0.4, -0.2) is 11.5 Å². The van der Waals surface area contributed by atoms with E-state index in [4.69, 9.17) is 0 Å². The highest BCUT2D eigenvalue weighted by Crippen LogP contribution is 2.57. The molecule has 0 amide bonds. The normalized spacial score (nSPS) is 28.5. The standard InChI is InChI=1S/C19H24N2/c1-2-7-21-19(16-10-14-9-15(14)11-16)17-5-3-4-13-6-8-20-12-18(13)17/h3-6,8,12,14-16,19,21H,2,7,9-11H2,1H3. The SMILES string of the molecule is CCCNC(c1cccc2ccncc12)C1CC2CC2C1. The largest absolute Gasteiger partial charge is 0.310 e. The summed E-state index contributed by atoms with van der Waals surface area (Å²) in [5.41, 5.74) is 1.46. The van der Waals surface area contributed by atoms with E-state index in [1.165, 1.54) is 42.0 Å². The molecule has 2 heteroatoms. The van der Waals surface area contributed by atoms with Crippen molar-refractivity contribution in [3.05, 3.63) is 42.2 Å². The molecule has 2 aliphatic rings. The number of rotatable bonds is 5. The number of fused-ring (bicyclic) bond motifs is 2. The third-order valence-corrected chi connectivity index (χ3v) is 5.42. The molecular weight excluding hydrogens is 256 g/mol. The van der Waals surface area contributed by atoms with E-state index < -0.39 is 0 Å². The van der Waals surface area contributed by atoms with Gasteiger partial charge in [-0.15, -0.1) is 0 Å². The van der Waals surface area contributed by atoms with Gasteiger partial charge < -0.3 is 5.32 Å². The van der Waals surface area contributed by atoms with Crippen molar-refractivity contribution >= 4 is 10.8 Å². The summed E-state index contributed by atoms with van der Waals surface area (Å²) in [7, 11) is 0. The van der Waals surface area contributed by atoms with E-state index in [1.54, 1.807) is 0 Å². The molecule has 21 heavy (non-hydrogen) atoms. The second kappa shape index (κ2) is 5.42. The fourth-order valence-corrected chi connectivity index (χ4v) is 4.27. The zero-order chi connectivity index (χ0) is 14.2. The van der Waals surface area contributed by atoms with Gasteiger partial charge in [0.1, 0.15) is 0 Å². The Hall–Kier alpha value is -1.41. The number of nitrogens with one attached hydrogen (secondary N) is 1. The van der Waals surface area contributed by atoms with Gasteiger partial charge in [0.05, 0.1) is 0 Å². The molecule has 0 radical (unpaired) electrons. The van der Waals surface area contributed by atoms with Crippen molar-refractivity contribution in [2.24, 2.45) is 17.8 Å². The van der Waals surface area contributed by atoms with Crippen LogP contribution in [0.5, 0.6) is 0 Å². The lowest BCUT2D eigenvalue weighted by atomic mass is 9.87. The molecule has 1 aromatic heterocycles. The van der Waals surface area contributed by atoms with Gasteiger partial charge in [0.15, 0.2) is 0 Å². The first-order valence-electron chi connectivity index (χ1n) is 8.43. The van der Waals surface area contributed by atoms with Crippen LogP contribution in [0, 0.1) is 17.8 Å². The van der Waals surface area contributed by atoms with Crippen LogP contribution in [0.2, 0.25) is 0 Å². The average Bonchev–Trinajstić information content (AvgIpc) is 3.14. The summed E-state index contributed by atoms with van der Waals surface area (Å²) in [6.07, 6.45) is 9.46. The third-order valence-electron chi connectivity index (χ3n) is 5.42. The third kappa shape index (κ3) is 2.46. The van der Waals surface area contributed by atoms with Gasteiger partial charge in [-0.2, -0.15) is 0 Å². The van der Waals surface area contributed by atoms with E-state index in [1.807, 2.05) is 12.4 Å². The van der Waals surface area contributed by atoms with Gasteiger partial charge in [-0.3, -0.25) is 4.98 Å². The predicted octanol–water partition coefficient (Wildman–Crippen LogP) is 4.32. The van der Waals surface area contributed by atoms with E-state index in [0.29, 0.717) is 6.04 Å². The Labute approximate surface area is 127 Å². The molecule has 1 aromatic carbocycles. The molecule has 2 fully saturated rings. The Bertz CT molecular complexity index is 621. The van der Waals surface area contributed by atoms with Crippen molar-refractivity contribution in [3.63, 3.8) is 0 Å². The maximum atomic E-state index is 4.36. The maximum absolute atomic E-state index is 4.36. The quantitative estimate of drug-likeness (QED) is 0.882. The minimum atomic E-state index is 0.505. The molecule has 2 aliphatic carbocycles. The van der Waals surface area contributed by atoms with Crippen LogP contribution in [0.25, 0.3) is 10.8 Å². The average molecular weight is 280 g/mol. The molecule has 1 N–H and O–H groups in total. The highest BCUT2D eigenvalue weighted by atomic mass is 14.9. The predicted molar refractivity (Wildman–Crippen MR) is 87.1 cm³/mol. The monoisotopic (exact) mass is 280 g/mol. The fraction of sp³-hybridized carbons (Fsp3) is 0.526. The molecule has 3 atom stereocenters. The molecule has 2 aromatic rings. The molecule has 1 heterocycles. The van der Waals surface area contributed by atoms with Crippen molar-refractivity contribution in [2.75, 3.05) is 6.54 Å². The summed E-state index contributed by atoms with van der Waals surface area (Å²) >= 11 is 0. The lowest BCUT2D eigenvalue weighted by Gasteiger charge is -2.27. The van der Waals surface area contributed by atoms with E-state index in [-0.39, 0.29) is 0 Å². The molecule has 0 spiro atoms. The number of benzene rings is 1. The summed E-state index contributed by atoms with van der Waals surface area (Å²) in [5.74, 6) is 2.88. The number of pyridine rings is 1. The zero-order valence-corrected chi connectivity index (χ0v) is 12.8. The Kier molecular flexibility index (Phi) is 3.42. The fourth-order valence-electron chi connectivity index (χ4n) is 4.27. The molecule has 0 bridgehead atoms. The summed E-state index contributed by atoms with van der Waals surface area (Å²) in [4.78, 5) is 4.36. The highest BCUT2D eigenvalue weighted by molar-refractivity contribution is 5.85. The zero-order valence-electron chi connectivity index (χ0n) is 12.8. The van der Waals surface area contributed by atoms with Crippen LogP contribution in [0.3, 0.4) is 0 Å². The highest BCUT2D eigenvalue weighted by Gasteiger charge is 2.48. The van der Waals surface area contributed by atoms with Crippen LogP contribution in [0.1, 0.15) is 44.2 Å². The van der Waals surface area contributed by atoms with E-state index in [9.17, 15) is 0 Å². The summed E-state index contributed by atoms with van der Waals surface area (Å²) in [6, 6.07) is 9.34. The molecule has 0 aliphatic heterocycles. The van der Waals surface area contributed by atoms with Gasteiger partial charge in [-0.05, 0) is 67.0 Å². The molecular formula is C19H24N2. The molecule has 0 saturated heterocycles. The summed E-state index contributed by atoms with van der Waals surface area (Å²) < 4.78 is 0. The second-order valence-electron chi connectivity index (χ2n) is 6.86. The smallest absolute Gasteiger partial charge is 0.0355 e. The van der Waals surface area contributed by atoms with Crippen molar-refractivity contribution in [1.29, 1.82) is 0 Å². The van der Waals surface area contributed by atoms with Crippen molar-refractivity contribution in [2.45, 2.75) is 38.6 Å². The molecule has 2 nitrogen and oxygen atoms in total. The second-order valence-corrected chi connectivity index (χ2v) is 6.86. The van der Waals surface area contributed by atoms with Crippen molar-refractivity contribution in [1.82, 2.24) is 10.3 Å². The molecule has 110 valence electrons. The lowest BCUT2D eigenvalue weighted by molar-refractivity contribution is 0.343. The van der Waals surface area contributed by atoms with Gasteiger partial charge in [-0.1, -0.05) is 25.1 Å². The van der Waals surface area contributed by atoms with E-state index in [2.05, 4.69) is 41.5 Å². The Morgan fingerprint density at radius 3 is 2.86 bits per heavy atom. The molecule has 3 unspecified atom stereocenters. The van der Waals surface area contributed by atoms with Gasteiger partial charge in [-0.25, -0.2) is 0 Å².